The van der Waals surface area contributed by atoms with E-state index in [9.17, 15) is 9.59 Å². The van der Waals surface area contributed by atoms with Gasteiger partial charge in [-0.05, 0) is 25.7 Å². The van der Waals surface area contributed by atoms with Crippen LogP contribution in [0, 0.1) is 0 Å². The second kappa shape index (κ2) is 5.92. The van der Waals surface area contributed by atoms with E-state index in [1.165, 1.54) is 4.90 Å². The van der Waals surface area contributed by atoms with Crippen LogP contribution in [0.2, 0.25) is 0 Å². The molecule has 0 radical (unpaired) electrons. The lowest BCUT2D eigenvalue weighted by atomic mass is 10.0. The van der Waals surface area contributed by atoms with Crippen molar-refractivity contribution in [3.63, 3.8) is 0 Å². The summed E-state index contributed by atoms with van der Waals surface area (Å²) in [5.41, 5.74) is 0. The minimum Gasteiger partial charge on any atom is -0.481 e. The van der Waals surface area contributed by atoms with Crippen molar-refractivity contribution in [3.05, 3.63) is 12.3 Å². The molecule has 2 saturated heterocycles. The first kappa shape index (κ1) is 15.2. The Bertz CT molecular complexity index is 655. The van der Waals surface area contributed by atoms with E-state index in [0.717, 1.165) is 38.8 Å². The second-order valence-corrected chi connectivity index (χ2v) is 6.52. The van der Waals surface area contributed by atoms with Crippen LogP contribution >= 0.6 is 0 Å². The lowest BCUT2D eigenvalue weighted by molar-refractivity contribution is -0.125. The summed E-state index contributed by atoms with van der Waals surface area (Å²) in [5.74, 6) is 1.15. The van der Waals surface area contributed by atoms with E-state index in [1.807, 2.05) is 0 Å². The zero-order valence-electron chi connectivity index (χ0n) is 13.7. The Morgan fingerprint density at radius 2 is 1.88 bits per heavy atom. The number of carbonyl (C=O) groups is 2. The van der Waals surface area contributed by atoms with Crippen LogP contribution in [-0.4, -0.2) is 70.5 Å². The maximum atomic E-state index is 12.5. The lowest BCUT2D eigenvalue weighted by Crippen LogP contribution is -2.47. The molecule has 0 unspecified atom stereocenters. The Morgan fingerprint density at radius 1 is 1.12 bits per heavy atom. The molecule has 4 rings (SSSR count). The fourth-order valence-corrected chi connectivity index (χ4v) is 3.49. The van der Waals surface area contributed by atoms with Gasteiger partial charge in [0.25, 0.3) is 5.91 Å². The van der Waals surface area contributed by atoms with Crippen LogP contribution in [0.25, 0.3) is 0 Å². The topological polar surface area (TPSA) is 78.9 Å². The molecule has 0 bridgehead atoms. The molecule has 8 heteroatoms. The maximum Gasteiger partial charge on any atom is 0.327 e. The number of ether oxygens (including phenoxy) is 1. The summed E-state index contributed by atoms with van der Waals surface area (Å²) in [6.07, 6.45) is 5.23. The van der Waals surface area contributed by atoms with Crippen molar-refractivity contribution in [2.45, 2.75) is 37.8 Å². The van der Waals surface area contributed by atoms with Crippen molar-refractivity contribution in [2.24, 2.45) is 0 Å². The van der Waals surface area contributed by atoms with Crippen LogP contribution in [0.15, 0.2) is 12.3 Å². The predicted octanol–water partition coefficient (Wildman–Crippen LogP) is 0.881. The zero-order valence-corrected chi connectivity index (χ0v) is 13.7. The highest BCUT2D eigenvalue weighted by Crippen LogP contribution is 2.32. The number of anilines is 1. The molecule has 1 aromatic heterocycles. The highest BCUT2D eigenvalue weighted by atomic mass is 16.5. The van der Waals surface area contributed by atoms with Crippen molar-refractivity contribution in [1.29, 1.82) is 0 Å². The molecule has 3 heterocycles. The van der Waals surface area contributed by atoms with Gasteiger partial charge in [0.2, 0.25) is 11.8 Å². The number of urea groups is 1. The van der Waals surface area contributed by atoms with Gasteiger partial charge in [-0.25, -0.2) is 9.78 Å². The highest BCUT2D eigenvalue weighted by Gasteiger charge is 2.47. The number of hydrogen-bond acceptors (Lipinski definition) is 6. The standard InChI is InChI=1S/C16H21N5O3/c1-24-13-4-7-17-15(18-13)19-8-5-11(6-9-19)20-10-14(22)21(16(20)23)12-2-3-12/h4,7,11-12H,2-3,5-6,8-10H2,1H3. The third-order valence-corrected chi connectivity index (χ3v) is 4.95. The van der Waals surface area contributed by atoms with Gasteiger partial charge in [0.15, 0.2) is 0 Å². The maximum absolute atomic E-state index is 12.5. The molecule has 1 aliphatic carbocycles. The van der Waals surface area contributed by atoms with Gasteiger partial charge in [0.05, 0.1) is 7.11 Å². The van der Waals surface area contributed by atoms with Crippen molar-refractivity contribution >= 4 is 17.9 Å². The van der Waals surface area contributed by atoms with Gasteiger partial charge in [-0.3, -0.25) is 9.69 Å². The number of methoxy groups -OCH3 is 1. The van der Waals surface area contributed by atoms with E-state index in [0.29, 0.717) is 11.8 Å². The fourth-order valence-electron chi connectivity index (χ4n) is 3.49. The van der Waals surface area contributed by atoms with Crippen LogP contribution < -0.4 is 9.64 Å². The summed E-state index contributed by atoms with van der Waals surface area (Å²) < 4.78 is 5.14. The molecular weight excluding hydrogens is 310 g/mol. The Hall–Kier alpha value is -2.38. The lowest BCUT2D eigenvalue weighted by Gasteiger charge is -2.36. The van der Waals surface area contributed by atoms with Crippen molar-refractivity contribution < 1.29 is 14.3 Å². The molecule has 2 aliphatic heterocycles. The van der Waals surface area contributed by atoms with E-state index >= 15 is 0 Å². The Morgan fingerprint density at radius 3 is 2.54 bits per heavy atom. The molecule has 24 heavy (non-hydrogen) atoms. The van der Waals surface area contributed by atoms with Gasteiger partial charge < -0.3 is 14.5 Å². The molecule has 0 N–H and O–H groups in total. The number of nitrogens with zero attached hydrogens (tertiary/aromatic N) is 5. The van der Waals surface area contributed by atoms with E-state index < -0.39 is 0 Å². The number of hydrogen-bond donors (Lipinski definition) is 0. The summed E-state index contributed by atoms with van der Waals surface area (Å²) in [7, 11) is 1.58. The summed E-state index contributed by atoms with van der Waals surface area (Å²) in [4.78, 5) is 38.6. The van der Waals surface area contributed by atoms with Crippen molar-refractivity contribution in [1.82, 2.24) is 19.8 Å². The van der Waals surface area contributed by atoms with Gasteiger partial charge in [-0.2, -0.15) is 4.98 Å². The molecule has 0 aromatic carbocycles. The fraction of sp³-hybridized carbons (Fsp3) is 0.625. The van der Waals surface area contributed by atoms with Crippen LogP contribution in [0.3, 0.4) is 0 Å². The Balaban J connectivity index is 1.39. The number of imide groups is 1. The quantitative estimate of drug-likeness (QED) is 0.762. The molecule has 128 valence electrons. The minimum atomic E-state index is -0.0985. The first-order chi connectivity index (χ1) is 11.7. The Labute approximate surface area is 140 Å². The van der Waals surface area contributed by atoms with Gasteiger partial charge >= 0.3 is 6.03 Å². The van der Waals surface area contributed by atoms with Crippen molar-refractivity contribution in [2.75, 3.05) is 31.6 Å². The molecule has 3 amide bonds. The van der Waals surface area contributed by atoms with Crippen molar-refractivity contribution in [3.8, 4) is 5.88 Å². The summed E-state index contributed by atoms with van der Waals surface area (Å²) in [6.45, 7) is 1.76. The third-order valence-electron chi connectivity index (χ3n) is 4.95. The number of amides is 3. The number of aromatic nitrogens is 2. The SMILES string of the molecule is COc1ccnc(N2CCC(N3CC(=O)N(C4CC4)C3=O)CC2)n1. The van der Waals surface area contributed by atoms with Gasteiger partial charge in [-0.1, -0.05) is 0 Å². The average molecular weight is 331 g/mol. The predicted molar refractivity (Wildman–Crippen MR) is 85.8 cm³/mol. The first-order valence-corrected chi connectivity index (χ1v) is 8.42. The van der Waals surface area contributed by atoms with E-state index in [2.05, 4.69) is 14.9 Å². The number of carbonyl (C=O) groups excluding carboxylic acids is 2. The van der Waals surface area contributed by atoms with Gasteiger partial charge in [0.1, 0.15) is 6.54 Å². The van der Waals surface area contributed by atoms with Gasteiger partial charge in [-0.15, -0.1) is 0 Å². The summed E-state index contributed by atoms with van der Waals surface area (Å²) in [6, 6.07) is 1.89. The van der Waals surface area contributed by atoms with E-state index in [-0.39, 0.29) is 30.6 Å². The normalized spacial score (nSPS) is 22.5. The molecule has 3 aliphatic rings. The molecule has 8 nitrogen and oxygen atoms in total. The van der Waals surface area contributed by atoms with E-state index in [1.54, 1.807) is 24.3 Å². The molecule has 3 fully saturated rings. The average Bonchev–Trinajstić information content (AvgIpc) is 3.40. The largest absolute Gasteiger partial charge is 0.481 e. The molecule has 1 saturated carbocycles. The third kappa shape index (κ3) is 2.65. The first-order valence-electron chi connectivity index (χ1n) is 8.42. The van der Waals surface area contributed by atoms with Gasteiger partial charge in [0, 0.05) is 37.4 Å². The Kier molecular flexibility index (Phi) is 3.74. The zero-order chi connectivity index (χ0) is 16.7. The molecule has 0 atom stereocenters. The van der Waals surface area contributed by atoms with Crippen LogP contribution in [0.4, 0.5) is 10.7 Å². The van der Waals surface area contributed by atoms with Crippen LogP contribution in [-0.2, 0) is 4.79 Å². The second-order valence-electron chi connectivity index (χ2n) is 6.52. The summed E-state index contributed by atoms with van der Waals surface area (Å²) in [5, 5.41) is 0. The van der Waals surface area contributed by atoms with Crippen LogP contribution in [0.5, 0.6) is 5.88 Å². The molecule has 1 aromatic rings. The summed E-state index contributed by atoms with van der Waals surface area (Å²) >= 11 is 0. The highest BCUT2D eigenvalue weighted by molar-refractivity contribution is 6.02. The van der Waals surface area contributed by atoms with Crippen LogP contribution in [0.1, 0.15) is 25.7 Å². The monoisotopic (exact) mass is 331 g/mol. The molecule has 0 spiro atoms. The molecular formula is C16H21N5O3. The smallest absolute Gasteiger partial charge is 0.327 e. The number of piperidine rings is 1. The van der Waals surface area contributed by atoms with E-state index in [4.69, 9.17) is 4.74 Å². The number of rotatable bonds is 4. The minimum absolute atomic E-state index is 0.0407.